The van der Waals surface area contributed by atoms with Crippen LogP contribution < -0.4 is 9.47 Å². The minimum absolute atomic E-state index is 0.343. The molecule has 26 heavy (non-hydrogen) atoms. The molecule has 0 bridgehead atoms. The van der Waals surface area contributed by atoms with Crippen molar-refractivity contribution >= 4 is 22.9 Å². The standard InChI is InChI=1S/C20H17N3O3/c1-25-18-10-8-13(11-19(18)26-2)7-9-17(24)14(12-21)20-22-15-5-3-4-6-16(15)23-20/h3-11,14H,1-2H3,(H,22,23)/b9-7+. The number of aromatic amines is 1. The van der Waals surface area contributed by atoms with Crippen molar-refractivity contribution < 1.29 is 14.3 Å². The Morgan fingerprint density at radius 3 is 2.65 bits per heavy atom. The van der Waals surface area contributed by atoms with Crippen molar-refractivity contribution in [3.8, 4) is 17.6 Å². The summed E-state index contributed by atoms with van der Waals surface area (Å²) in [5.41, 5.74) is 2.27. The molecule has 0 fully saturated rings. The number of ketones is 1. The molecule has 6 heteroatoms. The quantitative estimate of drug-likeness (QED) is 0.690. The lowest BCUT2D eigenvalue weighted by Gasteiger charge is -2.07. The fourth-order valence-electron chi connectivity index (χ4n) is 2.60. The summed E-state index contributed by atoms with van der Waals surface area (Å²) in [5.74, 6) is 0.181. The molecule has 1 N–H and O–H groups in total. The van der Waals surface area contributed by atoms with Gasteiger partial charge < -0.3 is 14.5 Å². The Kier molecular flexibility index (Phi) is 4.99. The Balaban J connectivity index is 1.83. The molecule has 2 aromatic carbocycles. The molecule has 0 aliphatic rings. The average Bonchev–Trinajstić information content (AvgIpc) is 3.10. The van der Waals surface area contributed by atoms with Crippen LogP contribution in [0.3, 0.4) is 0 Å². The summed E-state index contributed by atoms with van der Waals surface area (Å²) in [5, 5.41) is 9.42. The van der Waals surface area contributed by atoms with Crippen molar-refractivity contribution in [3.63, 3.8) is 0 Å². The molecule has 3 aromatic rings. The largest absolute Gasteiger partial charge is 0.493 e. The Bertz CT molecular complexity index is 982. The van der Waals surface area contributed by atoms with E-state index in [0.717, 1.165) is 16.6 Å². The van der Waals surface area contributed by atoms with Crippen LogP contribution in [0.15, 0.2) is 48.5 Å². The third-order valence-corrected chi connectivity index (χ3v) is 3.94. The van der Waals surface area contributed by atoms with Gasteiger partial charge in [-0.25, -0.2) is 4.98 Å². The summed E-state index contributed by atoms with van der Waals surface area (Å²) in [4.78, 5) is 19.9. The zero-order valence-corrected chi connectivity index (χ0v) is 14.4. The topological polar surface area (TPSA) is 88.0 Å². The summed E-state index contributed by atoms with van der Waals surface area (Å²) in [6.45, 7) is 0. The second kappa shape index (κ2) is 7.53. The molecule has 0 aliphatic heterocycles. The predicted octanol–water partition coefficient (Wildman–Crippen LogP) is 3.47. The highest BCUT2D eigenvalue weighted by atomic mass is 16.5. The highest BCUT2D eigenvalue weighted by molar-refractivity contribution is 6.00. The first-order valence-electron chi connectivity index (χ1n) is 7.94. The number of fused-ring (bicyclic) bond motifs is 1. The van der Waals surface area contributed by atoms with E-state index >= 15 is 0 Å². The second-order valence-electron chi connectivity index (χ2n) is 5.55. The predicted molar refractivity (Wildman–Crippen MR) is 98.0 cm³/mol. The number of nitriles is 1. The second-order valence-corrected chi connectivity index (χ2v) is 5.55. The Labute approximate surface area is 150 Å². The van der Waals surface area contributed by atoms with Gasteiger partial charge in [-0.2, -0.15) is 5.26 Å². The molecule has 1 aromatic heterocycles. The number of nitrogens with one attached hydrogen (secondary N) is 1. The highest BCUT2D eigenvalue weighted by Crippen LogP contribution is 2.28. The van der Waals surface area contributed by atoms with E-state index in [2.05, 4.69) is 9.97 Å². The van der Waals surface area contributed by atoms with Crippen LogP contribution in [-0.4, -0.2) is 30.0 Å². The summed E-state index contributed by atoms with van der Waals surface area (Å²) in [6, 6.07) is 14.7. The van der Waals surface area contributed by atoms with Crippen LogP contribution >= 0.6 is 0 Å². The number of nitrogens with zero attached hydrogens (tertiary/aromatic N) is 2. The van der Waals surface area contributed by atoms with Crippen molar-refractivity contribution in [2.45, 2.75) is 5.92 Å². The number of benzene rings is 2. The number of carbonyl (C=O) groups is 1. The number of aromatic nitrogens is 2. The maximum absolute atomic E-state index is 12.5. The van der Waals surface area contributed by atoms with E-state index in [-0.39, 0.29) is 5.78 Å². The van der Waals surface area contributed by atoms with E-state index < -0.39 is 5.92 Å². The van der Waals surface area contributed by atoms with Gasteiger partial charge in [0, 0.05) is 0 Å². The first kappa shape index (κ1) is 17.2. The maximum Gasteiger partial charge on any atom is 0.180 e. The zero-order valence-electron chi connectivity index (χ0n) is 14.4. The number of allylic oxidation sites excluding steroid dienone is 1. The van der Waals surface area contributed by atoms with E-state index in [9.17, 15) is 10.1 Å². The minimum atomic E-state index is -0.987. The number of hydrogen-bond acceptors (Lipinski definition) is 5. The molecular formula is C20H17N3O3. The number of carbonyl (C=O) groups excluding carboxylic acids is 1. The lowest BCUT2D eigenvalue weighted by Crippen LogP contribution is -2.09. The number of imidazole rings is 1. The van der Waals surface area contributed by atoms with Crippen LogP contribution in [0, 0.1) is 11.3 Å². The monoisotopic (exact) mass is 347 g/mol. The fraction of sp³-hybridized carbons (Fsp3) is 0.150. The van der Waals surface area contributed by atoms with E-state index in [0.29, 0.717) is 17.3 Å². The first-order valence-corrected chi connectivity index (χ1v) is 7.94. The summed E-state index contributed by atoms with van der Waals surface area (Å²) in [6.07, 6.45) is 3.01. The Hall–Kier alpha value is -3.59. The third kappa shape index (κ3) is 3.42. The number of para-hydroxylation sites is 2. The molecule has 1 heterocycles. The van der Waals surface area contributed by atoms with Gasteiger partial charge in [0.05, 0.1) is 31.3 Å². The fourth-order valence-corrected chi connectivity index (χ4v) is 2.60. The number of rotatable bonds is 6. The van der Waals surface area contributed by atoms with Crippen LogP contribution in [0.25, 0.3) is 17.1 Å². The molecule has 1 atom stereocenters. The van der Waals surface area contributed by atoms with Crippen molar-refractivity contribution in [1.82, 2.24) is 9.97 Å². The van der Waals surface area contributed by atoms with Gasteiger partial charge in [0.2, 0.25) is 0 Å². The van der Waals surface area contributed by atoms with Gasteiger partial charge in [0.1, 0.15) is 5.82 Å². The number of ether oxygens (including phenoxy) is 2. The SMILES string of the molecule is COc1ccc(/C=C/C(=O)C(C#N)c2nc3ccccc3[nH]2)cc1OC. The van der Waals surface area contributed by atoms with Crippen molar-refractivity contribution in [2.75, 3.05) is 14.2 Å². The van der Waals surface area contributed by atoms with Gasteiger partial charge in [-0.1, -0.05) is 24.3 Å². The first-order chi connectivity index (χ1) is 12.7. The smallest absolute Gasteiger partial charge is 0.180 e. The summed E-state index contributed by atoms with van der Waals surface area (Å²) >= 11 is 0. The van der Waals surface area contributed by atoms with Gasteiger partial charge in [-0.15, -0.1) is 0 Å². The summed E-state index contributed by atoms with van der Waals surface area (Å²) < 4.78 is 10.4. The van der Waals surface area contributed by atoms with Crippen LogP contribution in [0.4, 0.5) is 0 Å². The zero-order chi connectivity index (χ0) is 18.5. The lowest BCUT2D eigenvalue weighted by atomic mass is 10.0. The van der Waals surface area contributed by atoms with Crippen LogP contribution in [-0.2, 0) is 4.79 Å². The molecule has 0 amide bonds. The molecule has 3 rings (SSSR count). The van der Waals surface area contributed by atoms with Gasteiger partial charge >= 0.3 is 0 Å². The van der Waals surface area contributed by atoms with E-state index in [1.807, 2.05) is 30.3 Å². The number of methoxy groups -OCH3 is 2. The third-order valence-electron chi connectivity index (χ3n) is 3.94. The van der Waals surface area contributed by atoms with Gasteiger partial charge in [0.15, 0.2) is 23.2 Å². The van der Waals surface area contributed by atoms with Crippen LogP contribution in [0.5, 0.6) is 11.5 Å². The van der Waals surface area contributed by atoms with Crippen molar-refractivity contribution in [2.24, 2.45) is 0 Å². The highest BCUT2D eigenvalue weighted by Gasteiger charge is 2.21. The van der Waals surface area contributed by atoms with Crippen LogP contribution in [0.1, 0.15) is 17.3 Å². The molecule has 6 nitrogen and oxygen atoms in total. The normalized spacial score (nSPS) is 12.0. The van der Waals surface area contributed by atoms with Crippen LogP contribution in [0.2, 0.25) is 0 Å². The molecule has 0 saturated carbocycles. The molecule has 0 spiro atoms. The molecular weight excluding hydrogens is 330 g/mol. The van der Waals surface area contributed by atoms with Crippen molar-refractivity contribution in [1.29, 1.82) is 5.26 Å². The van der Waals surface area contributed by atoms with Crippen molar-refractivity contribution in [3.05, 3.63) is 59.9 Å². The van der Waals surface area contributed by atoms with Gasteiger partial charge in [-0.3, -0.25) is 4.79 Å². The van der Waals surface area contributed by atoms with E-state index in [1.165, 1.54) is 6.08 Å². The summed E-state index contributed by atoms with van der Waals surface area (Å²) in [7, 11) is 3.10. The molecule has 0 radical (unpaired) electrons. The lowest BCUT2D eigenvalue weighted by molar-refractivity contribution is -0.114. The molecule has 0 saturated heterocycles. The minimum Gasteiger partial charge on any atom is -0.493 e. The van der Waals surface area contributed by atoms with E-state index in [1.54, 1.807) is 38.5 Å². The number of hydrogen-bond donors (Lipinski definition) is 1. The van der Waals surface area contributed by atoms with Gasteiger partial charge in [-0.05, 0) is 35.9 Å². The van der Waals surface area contributed by atoms with Gasteiger partial charge in [0.25, 0.3) is 0 Å². The number of H-pyrrole nitrogens is 1. The Morgan fingerprint density at radius 1 is 1.19 bits per heavy atom. The Morgan fingerprint density at radius 2 is 1.96 bits per heavy atom. The molecule has 130 valence electrons. The molecule has 0 aliphatic carbocycles. The molecule has 1 unspecified atom stereocenters. The average molecular weight is 347 g/mol. The maximum atomic E-state index is 12.5. The van der Waals surface area contributed by atoms with E-state index in [4.69, 9.17) is 9.47 Å².